The van der Waals surface area contributed by atoms with Crippen LogP contribution >= 0.6 is 0 Å². The fraction of sp³-hybridized carbons (Fsp3) is 0.870. The third kappa shape index (κ3) is 25.1. The Kier molecular flexibility index (Phi) is 19.8. The van der Waals surface area contributed by atoms with Gasteiger partial charge in [-0.2, -0.15) is 8.42 Å². The Labute approximate surface area is 179 Å². The lowest BCUT2D eigenvalue weighted by atomic mass is 10.0. The van der Waals surface area contributed by atoms with Crippen molar-refractivity contribution in [1.29, 1.82) is 0 Å². The molecule has 172 valence electrons. The lowest BCUT2D eigenvalue weighted by molar-refractivity contribution is -0.116. The molecule has 0 heterocycles. The highest BCUT2D eigenvalue weighted by atomic mass is 32.2. The van der Waals surface area contributed by atoms with Crippen LogP contribution in [0.2, 0.25) is 0 Å². The summed E-state index contributed by atoms with van der Waals surface area (Å²) in [7, 11) is -3.89. The highest BCUT2D eigenvalue weighted by Crippen LogP contribution is 2.13. The van der Waals surface area contributed by atoms with Gasteiger partial charge in [-0.1, -0.05) is 96.5 Å². The SMILES string of the molecule is CCCCCCCCCCCCCCCC/C=C/C(=O)NCCCCS(=O)(=O)O. The molecule has 0 aliphatic heterocycles. The second kappa shape index (κ2) is 20.4. The van der Waals surface area contributed by atoms with Crippen LogP contribution in [0.25, 0.3) is 0 Å². The topological polar surface area (TPSA) is 83.5 Å². The standard InChI is InChI=1S/C23H45NO4S/c1-2-3-4-5-6-7-8-9-10-11-12-13-14-15-16-17-20-23(25)24-21-18-19-22-29(26,27)28/h17,20H,2-16,18-19,21-22H2,1H3,(H,24,25)(H,26,27,28)/b20-17+. The van der Waals surface area contributed by atoms with Crippen molar-refractivity contribution in [2.75, 3.05) is 12.3 Å². The second-order valence-electron chi connectivity index (χ2n) is 8.07. The molecule has 0 aromatic rings. The van der Waals surface area contributed by atoms with Crippen LogP contribution in [0.15, 0.2) is 12.2 Å². The zero-order valence-electron chi connectivity index (χ0n) is 18.7. The molecule has 0 aliphatic carbocycles. The van der Waals surface area contributed by atoms with E-state index in [1.165, 1.54) is 83.5 Å². The van der Waals surface area contributed by atoms with Crippen LogP contribution in [0.3, 0.4) is 0 Å². The Bertz CT molecular complexity index is 503. The molecule has 0 radical (unpaired) electrons. The van der Waals surface area contributed by atoms with E-state index >= 15 is 0 Å². The summed E-state index contributed by atoms with van der Waals surface area (Å²) in [5.41, 5.74) is 0. The average molecular weight is 432 g/mol. The van der Waals surface area contributed by atoms with Gasteiger partial charge in [-0.25, -0.2) is 0 Å². The molecule has 0 bridgehead atoms. The molecule has 0 saturated heterocycles. The Morgan fingerprint density at radius 2 is 1.24 bits per heavy atom. The van der Waals surface area contributed by atoms with Gasteiger partial charge in [0, 0.05) is 6.54 Å². The van der Waals surface area contributed by atoms with Crippen molar-refractivity contribution >= 4 is 16.0 Å². The van der Waals surface area contributed by atoms with E-state index in [1.807, 2.05) is 6.08 Å². The van der Waals surface area contributed by atoms with Crippen molar-refractivity contribution in [1.82, 2.24) is 5.32 Å². The number of nitrogens with one attached hydrogen (secondary N) is 1. The fourth-order valence-corrected chi connectivity index (χ4v) is 3.90. The molecule has 0 aliphatic rings. The molecule has 29 heavy (non-hydrogen) atoms. The van der Waals surface area contributed by atoms with E-state index in [4.69, 9.17) is 4.55 Å². The summed E-state index contributed by atoms with van der Waals surface area (Å²) in [6.45, 7) is 2.69. The van der Waals surface area contributed by atoms with Gasteiger partial charge in [0.1, 0.15) is 0 Å². The van der Waals surface area contributed by atoms with Crippen LogP contribution < -0.4 is 5.32 Å². The molecule has 1 amide bonds. The molecule has 0 saturated carbocycles. The number of hydrogen-bond acceptors (Lipinski definition) is 3. The summed E-state index contributed by atoms with van der Waals surface area (Å²) in [4.78, 5) is 11.6. The summed E-state index contributed by atoms with van der Waals surface area (Å²) in [5, 5.41) is 2.72. The predicted octanol–water partition coefficient (Wildman–Crippen LogP) is 6.20. The Morgan fingerprint density at radius 1 is 0.759 bits per heavy atom. The number of amides is 1. The first-order valence-corrected chi connectivity index (χ1v) is 13.5. The maximum absolute atomic E-state index is 11.6. The molecule has 0 rings (SSSR count). The number of allylic oxidation sites excluding steroid dienone is 1. The zero-order valence-corrected chi connectivity index (χ0v) is 19.5. The Hall–Kier alpha value is -0.880. The fourth-order valence-electron chi connectivity index (χ4n) is 3.33. The molecule has 0 aromatic carbocycles. The Morgan fingerprint density at radius 3 is 1.72 bits per heavy atom. The maximum atomic E-state index is 11.6. The zero-order chi connectivity index (χ0) is 21.6. The number of rotatable bonds is 21. The van der Waals surface area contributed by atoms with Crippen LogP contribution in [0.4, 0.5) is 0 Å². The van der Waals surface area contributed by atoms with Gasteiger partial charge >= 0.3 is 0 Å². The third-order valence-corrected chi connectivity index (χ3v) is 5.93. The molecule has 0 unspecified atom stereocenters. The largest absolute Gasteiger partial charge is 0.353 e. The van der Waals surface area contributed by atoms with Crippen LogP contribution in [-0.2, 0) is 14.9 Å². The van der Waals surface area contributed by atoms with E-state index in [2.05, 4.69) is 12.2 Å². The van der Waals surface area contributed by atoms with Gasteiger partial charge in [-0.15, -0.1) is 0 Å². The van der Waals surface area contributed by atoms with E-state index < -0.39 is 10.1 Å². The molecule has 0 spiro atoms. The summed E-state index contributed by atoms with van der Waals surface area (Å²) >= 11 is 0. The summed E-state index contributed by atoms with van der Waals surface area (Å²) in [6, 6.07) is 0. The number of carbonyl (C=O) groups is 1. The van der Waals surface area contributed by atoms with Crippen molar-refractivity contribution in [3.8, 4) is 0 Å². The van der Waals surface area contributed by atoms with Crippen molar-refractivity contribution in [2.24, 2.45) is 0 Å². The summed E-state index contributed by atoms with van der Waals surface area (Å²) in [5.74, 6) is -0.389. The highest BCUT2D eigenvalue weighted by molar-refractivity contribution is 7.85. The van der Waals surface area contributed by atoms with Crippen molar-refractivity contribution in [3.63, 3.8) is 0 Å². The van der Waals surface area contributed by atoms with Gasteiger partial charge in [0.25, 0.3) is 10.1 Å². The lowest BCUT2D eigenvalue weighted by Gasteiger charge is -2.03. The third-order valence-electron chi connectivity index (χ3n) is 5.12. The monoisotopic (exact) mass is 431 g/mol. The number of hydrogen-bond donors (Lipinski definition) is 2. The van der Waals surface area contributed by atoms with Crippen LogP contribution in [0, 0.1) is 0 Å². The van der Waals surface area contributed by atoms with Crippen molar-refractivity contribution in [3.05, 3.63) is 12.2 Å². The highest BCUT2D eigenvalue weighted by Gasteiger charge is 2.03. The van der Waals surface area contributed by atoms with Crippen LogP contribution in [0.1, 0.15) is 116 Å². The van der Waals surface area contributed by atoms with Gasteiger partial charge in [-0.05, 0) is 31.8 Å². The number of unbranched alkanes of at least 4 members (excludes halogenated alkanes) is 15. The van der Waals surface area contributed by atoms with Gasteiger partial charge in [0.2, 0.25) is 5.91 Å². The maximum Gasteiger partial charge on any atom is 0.264 e. The minimum Gasteiger partial charge on any atom is -0.353 e. The predicted molar refractivity (Wildman–Crippen MR) is 123 cm³/mol. The van der Waals surface area contributed by atoms with Gasteiger partial charge in [-0.3, -0.25) is 9.35 Å². The molecule has 0 fully saturated rings. The molecule has 2 N–H and O–H groups in total. The second-order valence-corrected chi connectivity index (χ2v) is 9.64. The van der Waals surface area contributed by atoms with Crippen LogP contribution in [-0.4, -0.2) is 31.2 Å². The van der Waals surface area contributed by atoms with Crippen LogP contribution in [0.5, 0.6) is 0 Å². The first-order chi connectivity index (χ1) is 14.0. The lowest BCUT2D eigenvalue weighted by Crippen LogP contribution is -2.22. The molecule has 0 aromatic heterocycles. The van der Waals surface area contributed by atoms with Gasteiger partial charge in [0.05, 0.1) is 5.75 Å². The number of carbonyl (C=O) groups excluding carboxylic acids is 1. The van der Waals surface area contributed by atoms with E-state index in [1.54, 1.807) is 6.08 Å². The quantitative estimate of drug-likeness (QED) is 0.129. The molecule has 5 nitrogen and oxygen atoms in total. The Balaban J connectivity index is 3.28. The first kappa shape index (κ1) is 28.1. The minimum atomic E-state index is -3.89. The van der Waals surface area contributed by atoms with Gasteiger partial charge in [0.15, 0.2) is 0 Å². The minimum absolute atomic E-state index is 0.137. The average Bonchev–Trinajstić information content (AvgIpc) is 2.66. The molecule has 6 heteroatoms. The van der Waals surface area contributed by atoms with E-state index in [0.29, 0.717) is 19.4 Å². The van der Waals surface area contributed by atoms with Crippen molar-refractivity contribution in [2.45, 2.75) is 116 Å². The molecular weight excluding hydrogens is 386 g/mol. The molecule has 0 atom stereocenters. The van der Waals surface area contributed by atoms with E-state index in [-0.39, 0.29) is 11.7 Å². The summed E-state index contributed by atoms with van der Waals surface area (Å²) < 4.78 is 29.7. The van der Waals surface area contributed by atoms with E-state index in [0.717, 1.165) is 12.8 Å². The summed E-state index contributed by atoms with van der Waals surface area (Å²) in [6.07, 6.45) is 24.1. The molecular formula is C23H45NO4S. The smallest absolute Gasteiger partial charge is 0.264 e. The van der Waals surface area contributed by atoms with E-state index in [9.17, 15) is 13.2 Å². The van der Waals surface area contributed by atoms with Gasteiger partial charge < -0.3 is 5.32 Å². The first-order valence-electron chi connectivity index (χ1n) is 11.8. The van der Waals surface area contributed by atoms with Crippen molar-refractivity contribution < 1.29 is 17.8 Å². The normalized spacial score (nSPS) is 11.9.